The summed E-state index contributed by atoms with van der Waals surface area (Å²) < 4.78 is 0. The number of nitrogens with one attached hydrogen (secondary N) is 9. The number of carboxylic acids is 3. The molecule has 0 spiro atoms. The second-order valence-electron chi connectivity index (χ2n) is 17.9. The number of aliphatic hydroxyl groups excluding tert-OH is 2. The van der Waals surface area contributed by atoms with E-state index in [0.29, 0.717) is 6.42 Å². The van der Waals surface area contributed by atoms with Crippen molar-refractivity contribution in [1.82, 2.24) is 47.9 Å². The molecule has 0 bridgehead atoms. The molecule has 0 aromatic rings. The van der Waals surface area contributed by atoms with Crippen molar-refractivity contribution >= 4 is 71.1 Å². The van der Waals surface area contributed by atoms with Crippen LogP contribution in [-0.2, 0) is 57.5 Å². The lowest BCUT2D eigenvalue weighted by Crippen LogP contribution is -2.62. The van der Waals surface area contributed by atoms with Crippen molar-refractivity contribution in [2.75, 3.05) is 19.8 Å². The first kappa shape index (κ1) is 64.5. The molecule has 0 aliphatic heterocycles. The Labute approximate surface area is 411 Å². The van der Waals surface area contributed by atoms with E-state index in [4.69, 9.17) is 21.7 Å². The van der Waals surface area contributed by atoms with Crippen LogP contribution in [-0.4, -0.2) is 177 Å². The molecule has 0 aliphatic carbocycles. The number of carbonyl (C=O) groups excluding carboxylic acids is 9. The number of unbranched alkanes of at least 4 members (excludes halogenated alkanes) is 1. The molecule has 404 valence electrons. The van der Waals surface area contributed by atoms with Crippen LogP contribution in [0.5, 0.6) is 0 Å². The van der Waals surface area contributed by atoms with E-state index >= 15 is 0 Å². The fourth-order valence-corrected chi connectivity index (χ4v) is 6.34. The van der Waals surface area contributed by atoms with Crippen molar-refractivity contribution < 1.29 is 83.1 Å². The van der Waals surface area contributed by atoms with Crippen molar-refractivity contribution in [3.63, 3.8) is 0 Å². The van der Waals surface area contributed by atoms with Crippen LogP contribution in [0.1, 0.15) is 100 Å². The van der Waals surface area contributed by atoms with Gasteiger partial charge in [-0.15, -0.1) is 0 Å². The number of aliphatic carboxylic acids is 3. The Bertz CT molecular complexity index is 1870. The van der Waals surface area contributed by atoms with E-state index in [9.17, 15) is 72.9 Å². The molecule has 0 aromatic heterocycles. The van der Waals surface area contributed by atoms with E-state index < -0.39 is 182 Å². The lowest BCUT2D eigenvalue weighted by atomic mass is 9.98. The highest BCUT2D eigenvalue weighted by atomic mass is 16.4. The van der Waals surface area contributed by atoms with Crippen LogP contribution in [0.25, 0.3) is 0 Å². The Balaban J connectivity index is 6.19. The summed E-state index contributed by atoms with van der Waals surface area (Å²) in [6.45, 7) is 10.2. The fourth-order valence-electron chi connectivity index (χ4n) is 6.34. The first-order valence-corrected chi connectivity index (χ1v) is 23.1. The molecule has 0 unspecified atom stereocenters. The van der Waals surface area contributed by atoms with E-state index in [1.807, 2.05) is 5.32 Å². The van der Waals surface area contributed by atoms with Gasteiger partial charge in [0.05, 0.1) is 19.3 Å². The van der Waals surface area contributed by atoms with Crippen molar-refractivity contribution in [2.45, 2.75) is 161 Å². The molecule has 0 aromatic carbocycles. The van der Waals surface area contributed by atoms with Gasteiger partial charge in [-0.25, -0.2) is 4.79 Å². The zero-order chi connectivity index (χ0) is 54.9. The predicted molar refractivity (Wildman–Crippen MR) is 250 cm³/mol. The van der Waals surface area contributed by atoms with Crippen LogP contribution in [0.15, 0.2) is 0 Å². The average molecular weight is 1020 g/mol. The number of amides is 9. The molecule has 0 rings (SSSR count). The standard InChI is InChI=1S/C43H75N11O17/c1-19(2)31(54-42(69)33(21(5)6)53-38(65)26(13-15-30(59)60)47-34(61)22(7)45)40(67)46-23(8)35(62)52-32(20(3)4)41(68)49-24(11-9-10-16-44)36(63)50-27(17-55)39(66)48-25(12-14-29(57)58)37(64)51-28(18-56)43(70)71/h19-28,31-33,55-56H,9-18,44-45H2,1-8H3,(H,46,67)(H,47,61)(H,48,66)(H,49,68)(H,50,63)(H,51,64)(H,52,62)(H,53,65)(H,54,69)(H,57,58)(H,59,60)(H,70,71)/t22-,23-,24-,25-,26-,27-,28-,31-,32-,33-/m0/s1. The van der Waals surface area contributed by atoms with Gasteiger partial charge in [-0.1, -0.05) is 41.5 Å². The van der Waals surface area contributed by atoms with Crippen LogP contribution in [0.2, 0.25) is 0 Å². The topological polar surface area (TPSA) is 466 Å². The maximum atomic E-state index is 13.8. The zero-order valence-corrected chi connectivity index (χ0v) is 41.4. The van der Waals surface area contributed by atoms with Gasteiger partial charge in [0, 0.05) is 12.8 Å². The summed E-state index contributed by atoms with van der Waals surface area (Å²) in [5, 5.41) is 68.2. The minimum Gasteiger partial charge on any atom is -0.481 e. The normalized spacial score (nSPS) is 15.4. The monoisotopic (exact) mass is 1020 g/mol. The zero-order valence-electron chi connectivity index (χ0n) is 41.4. The van der Waals surface area contributed by atoms with Gasteiger partial charge in [-0.3, -0.25) is 52.7 Å². The Kier molecular flexibility index (Phi) is 29.4. The van der Waals surface area contributed by atoms with Gasteiger partial charge in [0.1, 0.15) is 54.4 Å². The van der Waals surface area contributed by atoms with Gasteiger partial charge in [0.2, 0.25) is 53.2 Å². The van der Waals surface area contributed by atoms with Gasteiger partial charge < -0.3 is 84.9 Å². The molecule has 10 atom stereocenters. The molecule has 71 heavy (non-hydrogen) atoms. The van der Waals surface area contributed by atoms with Gasteiger partial charge in [-0.2, -0.15) is 0 Å². The molecule has 0 aliphatic rings. The van der Waals surface area contributed by atoms with Crippen LogP contribution >= 0.6 is 0 Å². The highest BCUT2D eigenvalue weighted by Crippen LogP contribution is 2.11. The Hall–Kier alpha value is -6.52. The van der Waals surface area contributed by atoms with Crippen LogP contribution in [0.4, 0.5) is 0 Å². The molecule has 0 heterocycles. The number of hydrogen-bond donors (Lipinski definition) is 16. The number of rotatable bonds is 34. The summed E-state index contributed by atoms with van der Waals surface area (Å²) >= 11 is 0. The summed E-state index contributed by atoms with van der Waals surface area (Å²) in [5.41, 5.74) is 11.2. The van der Waals surface area contributed by atoms with E-state index in [1.54, 1.807) is 41.5 Å². The third-order valence-electron chi connectivity index (χ3n) is 10.7. The largest absolute Gasteiger partial charge is 0.481 e. The van der Waals surface area contributed by atoms with E-state index in [2.05, 4.69) is 42.5 Å². The number of aliphatic hydroxyl groups is 2. The summed E-state index contributed by atoms with van der Waals surface area (Å²) in [7, 11) is 0. The summed E-state index contributed by atoms with van der Waals surface area (Å²) in [6.07, 6.45) is -1.49. The number of hydrogen-bond acceptors (Lipinski definition) is 16. The van der Waals surface area contributed by atoms with Gasteiger partial charge in [-0.05, 0) is 70.3 Å². The van der Waals surface area contributed by atoms with Gasteiger partial charge in [0.25, 0.3) is 0 Å². The number of carboxylic acid groups (broad SMARTS) is 3. The van der Waals surface area contributed by atoms with Crippen molar-refractivity contribution in [3.05, 3.63) is 0 Å². The quantitative estimate of drug-likeness (QED) is 0.0268. The first-order chi connectivity index (χ1) is 33.0. The molecule has 28 heteroatoms. The smallest absolute Gasteiger partial charge is 0.328 e. The highest BCUT2D eigenvalue weighted by Gasteiger charge is 2.36. The molecular formula is C43H75N11O17. The van der Waals surface area contributed by atoms with E-state index in [0.717, 1.165) is 0 Å². The third kappa shape index (κ3) is 23.8. The Morgan fingerprint density at radius 2 is 0.718 bits per heavy atom. The second-order valence-corrected chi connectivity index (χ2v) is 17.9. The molecule has 0 saturated carbocycles. The predicted octanol–water partition coefficient (Wildman–Crippen LogP) is -5.39. The minimum absolute atomic E-state index is 0.0692. The maximum absolute atomic E-state index is 13.8. The molecule has 28 nitrogen and oxygen atoms in total. The minimum atomic E-state index is -1.81. The lowest BCUT2D eigenvalue weighted by Gasteiger charge is -2.30. The van der Waals surface area contributed by atoms with Crippen LogP contribution < -0.4 is 59.3 Å². The summed E-state index contributed by atoms with van der Waals surface area (Å²) in [4.78, 5) is 154. The SMILES string of the molecule is CC(C)[C@H](NC(=O)[C@H](C)NC(=O)[C@@H](NC(=O)[C@@H](NC(=O)[C@H](CCC(=O)O)NC(=O)[C@H](C)N)C(C)C)C(C)C)C(=O)N[C@@H](CCCCN)C(=O)N[C@@H](CO)C(=O)N[C@@H](CCC(=O)O)C(=O)N[C@@H](CO)C(=O)O. The average Bonchev–Trinajstić information content (AvgIpc) is 3.28. The molecule has 0 fully saturated rings. The number of nitrogens with two attached hydrogens (primary N) is 2. The Morgan fingerprint density at radius 3 is 1.11 bits per heavy atom. The second kappa shape index (κ2) is 32.4. The third-order valence-corrected chi connectivity index (χ3v) is 10.7. The van der Waals surface area contributed by atoms with Crippen molar-refractivity contribution in [3.8, 4) is 0 Å². The van der Waals surface area contributed by atoms with Gasteiger partial charge in [0.15, 0.2) is 0 Å². The summed E-state index contributed by atoms with van der Waals surface area (Å²) in [6, 6.07) is -14.4. The van der Waals surface area contributed by atoms with E-state index in [-0.39, 0.29) is 25.8 Å². The van der Waals surface area contributed by atoms with Crippen LogP contribution in [0.3, 0.4) is 0 Å². The first-order valence-electron chi connectivity index (χ1n) is 23.1. The highest BCUT2D eigenvalue weighted by molar-refractivity contribution is 5.98. The fraction of sp³-hybridized carbons (Fsp3) is 0.721. The molecule has 9 amide bonds. The van der Waals surface area contributed by atoms with Gasteiger partial charge >= 0.3 is 17.9 Å². The molecular weight excluding hydrogens is 943 g/mol. The van der Waals surface area contributed by atoms with E-state index in [1.165, 1.54) is 13.8 Å². The van der Waals surface area contributed by atoms with Crippen LogP contribution in [0, 0.1) is 17.8 Å². The molecule has 0 saturated heterocycles. The molecule has 0 radical (unpaired) electrons. The number of carbonyl (C=O) groups is 12. The Morgan fingerprint density at radius 1 is 0.394 bits per heavy atom. The van der Waals surface area contributed by atoms with Crippen molar-refractivity contribution in [1.29, 1.82) is 0 Å². The maximum Gasteiger partial charge on any atom is 0.328 e. The van der Waals surface area contributed by atoms with Crippen molar-refractivity contribution in [2.24, 2.45) is 29.2 Å². The lowest BCUT2D eigenvalue weighted by molar-refractivity contribution is -0.144. The summed E-state index contributed by atoms with van der Waals surface area (Å²) in [5.74, 6) is -14.5. The molecule has 18 N–H and O–H groups in total.